The molecule has 0 fully saturated rings. The molecule has 5 heteroatoms. The zero-order valence-electron chi connectivity index (χ0n) is 8.53. The summed E-state index contributed by atoms with van der Waals surface area (Å²) in [6.07, 6.45) is 1.70. The summed E-state index contributed by atoms with van der Waals surface area (Å²) >= 11 is 3.47. The molecular weight excluding hydrogens is 256 g/mol. The van der Waals surface area contributed by atoms with Gasteiger partial charge in [-0.3, -0.25) is 0 Å². The van der Waals surface area contributed by atoms with E-state index in [-0.39, 0.29) is 0 Å². The van der Waals surface area contributed by atoms with Crippen molar-refractivity contribution >= 4 is 21.6 Å². The van der Waals surface area contributed by atoms with Crippen LogP contribution < -0.4 is 5.73 Å². The first-order valence-corrected chi connectivity index (χ1v) is 5.33. The molecule has 0 aliphatic rings. The molecule has 0 saturated carbocycles. The average molecular weight is 267 g/mol. The molecule has 0 radical (unpaired) electrons. The number of pyridine rings is 1. The fourth-order valence-electron chi connectivity index (χ4n) is 1.42. The molecule has 0 amide bonds. The Morgan fingerprint density at radius 1 is 1.40 bits per heavy atom. The van der Waals surface area contributed by atoms with Crippen LogP contribution in [0.4, 0.5) is 5.69 Å². The van der Waals surface area contributed by atoms with E-state index in [1.165, 1.54) is 0 Å². The van der Waals surface area contributed by atoms with Crippen molar-refractivity contribution in [3.05, 3.63) is 34.2 Å². The van der Waals surface area contributed by atoms with E-state index in [9.17, 15) is 0 Å². The van der Waals surface area contributed by atoms with Crippen LogP contribution in [0.15, 0.2) is 22.8 Å². The Morgan fingerprint density at radius 3 is 2.67 bits per heavy atom. The van der Waals surface area contributed by atoms with Crippen LogP contribution in [-0.2, 0) is 0 Å². The summed E-state index contributed by atoms with van der Waals surface area (Å²) in [6, 6.07) is 3.62. The summed E-state index contributed by atoms with van der Waals surface area (Å²) in [5.74, 6) is 0.670. The van der Waals surface area contributed by atoms with Gasteiger partial charge in [0.25, 0.3) is 0 Å². The molecule has 0 saturated heterocycles. The van der Waals surface area contributed by atoms with E-state index in [2.05, 4.69) is 26.0 Å². The minimum absolute atomic E-state index is 0.621. The standard InChI is InChI=1S/C10H11BrN4/c1-6-9(11)7(2)15(14-6)10-8(12)4-3-5-13-10/h3-5H,12H2,1-2H3. The first-order valence-electron chi connectivity index (χ1n) is 4.54. The highest BCUT2D eigenvalue weighted by Gasteiger charge is 2.12. The highest BCUT2D eigenvalue weighted by atomic mass is 79.9. The molecule has 0 aliphatic heterocycles. The molecule has 2 N–H and O–H groups in total. The van der Waals surface area contributed by atoms with Crippen molar-refractivity contribution in [1.29, 1.82) is 0 Å². The lowest BCUT2D eigenvalue weighted by Crippen LogP contribution is -2.05. The largest absolute Gasteiger partial charge is 0.396 e. The summed E-state index contributed by atoms with van der Waals surface area (Å²) in [6.45, 7) is 3.91. The van der Waals surface area contributed by atoms with Gasteiger partial charge in [0.15, 0.2) is 5.82 Å². The van der Waals surface area contributed by atoms with Crippen LogP contribution in [0.1, 0.15) is 11.4 Å². The molecule has 2 heterocycles. The lowest BCUT2D eigenvalue weighted by Gasteiger charge is -2.05. The molecule has 78 valence electrons. The third kappa shape index (κ3) is 1.63. The Balaban J connectivity index is 2.65. The molecule has 0 spiro atoms. The van der Waals surface area contributed by atoms with Crippen molar-refractivity contribution < 1.29 is 0 Å². The number of hydrogen-bond donors (Lipinski definition) is 1. The molecule has 2 aromatic heterocycles. The van der Waals surface area contributed by atoms with Gasteiger partial charge in [0.1, 0.15) is 0 Å². The van der Waals surface area contributed by atoms with E-state index in [4.69, 9.17) is 5.73 Å². The SMILES string of the molecule is Cc1nn(-c2ncccc2N)c(C)c1Br. The second-order valence-electron chi connectivity index (χ2n) is 3.31. The van der Waals surface area contributed by atoms with E-state index in [1.807, 2.05) is 19.9 Å². The zero-order valence-corrected chi connectivity index (χ0v) is 10.1. The molecule has 0 aromatic carbocycles. The quantitative estimate of drug-likeness (QED) is 0.861. The maximum Gasteiger partial charge on any atom is 0.176 e. The number of nitrogens with two attached hydrogens (primary N) is 1. The van der Waals surface area contributed by atoms with E-state index < -0.39 is 0 Å². The van der Waals surface area contributed by atoms with Gasteiger partial charge >= 0.3 is 0 Å². The highest BCUT2D eigenvalue weighted by Crippen LogP contribution is 2.23. The van der Waals surface area contributed by atoms with Gasteiger partial charge in [-0.05, 0) is 41.9 Å². The summed E-state index contributed by atoms with van der Waals surface area (Å²) in [5, 5.41) is 4.37. The lowest BCUT2D eigenvalue weighted by molar-refractivity contribution is 0.808. The van der Waals surface area contributed by atoms with E-state index >= 15 is 0 Å². The van der Waals surface area contributed by atoms with E-state index in [0.29, 0.717) is 11.5 Å². The number of nitrogen functional groups attached to an aromatic ring is 1. The Bertz CT molecular complexity index is 504. The Labute approximate surface area is 96.3 Å². The monoisotopic (exact) mass is 266 g/mol. The molecule has 2 rings (SSSR count). The molecule has 0 aliphatic carbocycles. The lowest BCUT2D eigenvalue weighted by atomic mass is 10.3. The van der Waals surface area contributed by atoms with Gasteiger partial charge in [-0.1, -0.05) is 0 Å². The van der Waals surface area contributed by atoms with Crippen molar-refractivity contribution in [2.24, 2.45) is 0 Å². The number of hydrogen-bond acceptors (Lipinski definition) is 3. The topological polar surface area (TPSA) is 56.7 Å². The number of halogens is 1. The van der Waals surface area contributed by atoms with E-state index in [0.717, 1.165) is 15.9 Å². The predicted molar refractivity (Wildman–Crippen MR) is 62.9 cm³/mol. The number of rotatable bonds is 1. The Morgan fingerprint density at radius 2 is 2.13 bits per heavy atom. The van der Waals surface area contributed by atoms with E-state index in [1.54, 1.807) is 16.9 Å². The molecule has 15 heavy (non-hydrogen) atoms. The fraction of sp³-hybridized carbons (Fsp3) is 0.200. The van der Waals surface area contributed by atoms with Crippen LogP contribution in [-0.4, -0.2) is 14.8 Å². The Hall–Kier alpha value is -1.36. The van der Waals surface area contributed by atoms with Gasteiger partial charge < -0.3 is 5.73 Å². The van der Waals surface area contributed by atoms with Crippen LogP contribution in [0.5, 0.6) is 0 Å². The van der Waals surface area contributed by atoms with Crippen molar-refractivity contribution in [2.45, 2.75) is 13.8 Å². The van der Waals surface area contributed by atoms with Gasteiger partial charge in [0.05, 0.1) is 21.5 Å². The summed E-state index contributed by atoms with van der Waals surface area (Å²) in [7, 11) is 0. The van der Waals surface area contributed by atoms with Crippen LogP contribution in [0, 0.1) is 13.8 Å². The number of nitrogens with zero attached hydrogens (tertiary/aromatic N) is 3. The van der Waals surface area contributed by atoms with Crippen molar-refractivity contribution in [3.8, 4) is 5.82 Å². The molecule has 2 aromatic rings. The van der Waals surface area contributed by atoms with Gasteiger partial charge in [-0.25, -0.2) is 9.67 Å². The zero-order chi connectivity index (χ0) is 11.0. The third-order valence-electron chi connectivity index (χ3n) is 2.22. The molecular formula is C10H11BrN4. The summed E-state index contributed by atoms with van der Waals surface area (Å²) in [4.78, 5) is 4.22. The van der Waals surface area contributed by atoms with Gasteiger partial charge in [0, 0.05) is 6.20 Å². The van der Waals surface area contributed by atoms with Crippen LogP contribution >= 0.6 is 15.9 Å². The predicted octanol–water partition coefficient (Wildman–Crippen LogP) is 2.23. The molecule has 4 nitrogen and oxygen atoms in total. The van der Waals surface area contributed by atoms with Gasteiger partial charge in [0.2, 0.25) is 0 Å². The summed E-state index contributed by atoms with van der Waals surface area (Å²) < 4.78 is 2.74. The molecule has 0 bridgehead atoms. The first-order chi connectivity index (χ1) is 7.11. The van der Waals surface area contributed by atoms with Crippen molar-refractivity contribution in [1.82, 2.24) is 14.8 Å². The second-order valence-corrected chi connectivity index (χ2v) is 4.11. The Kier molecular flexibility index (Phi) is 2.48. The van der Waals surface area contributed by atoms with Crippen molar-refractivity contribution in [2.75, 3.05) is 5.73 Å². The number of anilines is 1. The fourth-order valence-corrected chi connectivity index (χ4v) is 1.66. The third-order valence-corrected chi connectivity index (χ3v) is 3.37. The van der Waals surface area contributed by atoms with Gasteiger partial charge in [-0.2, -0.15) is 5.10 Å². The normalized spacial score (nSPS) is 10.6. The highest BCUT2D eigenvalue weighted by molar-refractivity contribution is 9.10. The average Bonchev–Trinajstić information content (AvgIpc) is 2.47. The van der Waals surface area contributed by atoms with Gasteiger partial charge in [-0.15, -0.1) is 0 Å². The van der Waals surface area contributed by atoms with Crippen molar-refractivity contribution in [3.63, 3.8) is 0 Å². The minimum atomic E-state index is 0.621. The van der Waals surface area contributed by atoms with Crippen LogP contribution in [0.3, 0.4) is 0 Å². The minimum Gasteiger partial charge on any atom is -0.396 e. The maximum atomic E-state index is 5.84. The molecule has 0 unspecified atom stereocenters. The summed E-state index contributed by atoms with van der Waals surface area (Å²) in [5.41, 5.74) is 8.39. The number of aryl methyl sites for hydroxylation is 1. The number of aromatic nitrogens is 3. The van der Waals surface area contributed by atoms with Crippen LogP contribution in [0.25, 0.3) is 5.82 Å². The first kappa shape index (κ1) is 10.2. The second kappa shape index (κ2) is 3.66. The van der Waals surface area contributed by atoms with Crippen LogP contribution in [0.2, 0.25) is 0 Å². The maximum absolute atomic E-state index is 5.84. The smallest absolute Gasteiger partial charge is 0.176 e. The molecule has 0 atom stereocenters.